The van der Waals surface area contributed by atoms with Gasteiger partial charge < -0.3 is 31.5 Å². The topological polar surface area (TPSA) is 59.1 Å². The third kappa shape index (κ3) is 6.44. The molecule has 2 rings (SSSR count). The van der Waals surface area contributed by atoms with Gasteiger partial charge >= 0.3 is 11.7 Å². The van der Waals surface area contributed by atoms with E-state index in [1.54, 1.807) is 6.07 Å². The molecule has 0 bridgehead atoms. The van der Waals surface area contributed by atoms with Crippen LogP contribution in [0.25, 0.3) is 4.98 Å². The first kappa shape index (κ1) is 21.7. The molecular weight excluding hydrogens is 342 g/mol. The average molecular weight is 370 g/mol. The van der Waals surface area contributed by atoms with E-state index in [1.807, 2.05) is 18.2 Å². The molecule has 0 N–H and O–H groups in total. The summed E-state index contributed by atoms with van der Waals surface area (Å²) in [5, 5.41) is 8.98. The summed E-state index contributed by atoms with van der Waals surface area (Å²) in [5.74, 6) is -1.02. The molecule has 1 aromatic rings. The Balaban J connectivity index is 0.00000312. The first-order chi connectivity index (χ1) is 11.7. The van der Waals surface area contributed by atoms with Gasteiger partial charge in [-0.3, -0.25) is 0 Å². The molecule has 0 aromatic heterocycles. The molecule has 7 heteroatoms. The number of hydrogen-bond donors (Lipinski definition) is 0. The SMILES string of the molecule is CCCCOC1(OCCCC)CN(c2cccc([N+]#N)c2)CCO1.[Cl-]. The molecule has 1 saturated heterocycles. The largest absolute Gasteiger partial charge is 1.00 e. The van der Waals surface area contributed by atoms with Crippen molar-refractivity contribution in [2.75, 3.05) is 37.8 Å². The van der Waals surface area contributed by atoms with Gasteiger partial charge in [-0.25, -0.2) is 0 Å². The second-order valence-corrected chi connectivity index (χ2v) is 5.98. The molecule has 0 saturated carbocycles. The number of anilines is 1. The van der Waals surface area contributed by atoms with E-state index in [4.69, 9.17) is 19.6 Å². The molecule has 1 aliphatic heterocycles. The Morgan fingerprint density at radius 1 is 1.20 bits per heavy atom. The van der Waals surface area contributed by atoms with Crippen molar-refractivity contribution in [3.63, 3.8) is 0 Å². The van der Waals surface area contributed by atoms with Crippen LogP contribution in [0.3, 0.4) is 0 Å². The van der Waals surface area contributed by atoms with Gasteiger partial charge in [0.1, 0.15) is 6.54 Å². The van der Waals surface area contributed by atoms with Crippen molar-refractivity contribution in [3.05, 3.63) is 29.2 Å². The van der Waals surface area contributed by atoms with Crippen LogP contribution < -0.4 is 17.3 Å². The summed E-state index contributed by atoms with van der Waals surface area (Å²) < 4.78 is 17.9. The minimum absolute atomic E-state index is 0. The van der Waals surface area contributed by atoms with Crippen molar-refractivity contribution >= 4 is 11.4 Å². The van der Waals surface area contributed by atoms with Crippen molar-refractivity contribution in [1.29, 1.82) is 5.39 Å². The highest BCUT2D eigenvalue weighted by molar-refractivity contribution is 5.58. The van der Waals surface area contributed by atoms with Gasteiger partial charge in [0.05, 0.1) is 25.9 Å². The number of hydrogen-bond acceptors (Lipinski definition) is 5. The lowest BCUT2D eigenvalue weighted by molar-refractivity contribution is -0.380. The normalized spacial score (nSPS) is 16.1. The van der Waals surface area contributed by atoms with Crippen LogP contribution in [0.2, 0.25) is 0 Å². The molecule has 0 amide bonds. The number of morpholine rings is 1. The van der Waals surface area contributed by atoms with E-state index in [9.17, 15) is 0 Å². The summed E-state index contributed by atoms with van der Waals surface area (Å²) in [4.78, 5) is 5.41. The summed E-state index contributed by atoms with van der Waals surface area (Å²) in [7, 11) is 0. The molecule has 25 heavy (non-hydrogen) atoms. The molecule has 1 fully saturated rings. The van der Waals surface area contributed by atoms with Gasteiger partial charge in [0, 0.05) is 18.3 Å². The Morgan fingerprint density at radius 3 is 2.48 bits per heavy atom. The zero-order valence-electron chi connectivity index (χ0n) is 15.1. The molecule has 1 aromatic carbocycles. The fourth-order valence-corrected chi connectivity index (χ4v) is 2.60. The van der Waals surface area contributed by atoms with E-state index in [0.717, 1.165) is 37.9 Å². The second-order valence-electron chi connectivity index (χ2n) is 5.98. The zero-order chi connectivity index (χ0) is 17.3. The minimum Gasteiger partial charge on any atom is -1.00 e. The summed E-state index contributed by atoms with van der Waals surface area (Å²) in [6, 6.07) is 7.46. The van der Waals surface area contributed by atoms with Crippen molar-refractivity contribution in [1.82, 2.24) is 0 Å². The van der Waals surface area contributed by atoms with Crippen LogP contribution in [-0.4, -0.2) is 38.9 Å². The fraction of sp³-hybridized carbons (Fsp3) is 0.667. The number of diazo groups is 1. The number of rotatable bonds is 9. The molecule has 0 aliphatic carbocycles. The van der Waals surface area contributed by atoms with Crippen molar-refractivity contribution < 1.29 is 26.6 Å². The third-order valence-electron chi connectivity index (χ3n) is 4.02. The van der Waals surface area contributed by atoms with E-state index in [0.29, 0.717) is 32.1 Å². The summed E-state index contributed by atoms with van der Waals surface area (Å²) in [6.07, 6.45) is 4.08. The number of benzene rings is 1. The smallest absolute Gasteiger partial charge is 0.387 e. The van der Waals surface area contributed by atoms with Crippen LogP contribution in [0.1, 0.15) is 39.5 Å². The van der Waals surface area contributed by atoms with Gasteiger partial charge in [0.2, 0.25) is 5.39 Å². The first-order valence-corrected chi connectivity index (χ1v) is 8.85. The van der Waals surface area contributed by atoms with Crippen LogP contribution in [0.15, 0.2) is 24.3 Å². The van der Waals surface area contributed by atoms with Gasteiger partial charge in [-0.05, 0) is 18.9 Å². The zero-order valence-corrected chi connectivity index (χ0v) is 15.9. The number of unbranched alkanes of at least 4 members (excludes halogenated alkanes) is 2. The highest BCUT2D eigenvalue weighted by Gasteiger charge is 2.39. The quantitative estimate of drug-likeness (QED) is 0.373. The van der Waals surface area contributed by atoms with Gasteiger partial charge in [0.15, 0.2) is 4.98 Å². The fourth-order valence-electron chi connectivity index (χ4n) is 2.60. The van der Waals surface area contributed by atoms with Gasteiger partial charge in [-0.2, -0.15) is 0 Å². The van der Waals surface area contributed by atoms with Crippen molar-refractivity contribution in [3.8, 4) is 0 Å². The van der Waals surface area contributed by atoms with Crippen molar-refractivity contribution in [2.45, 2.75) is 45.5 Å². The Labute approximate surface area is 156 Å². The lowest BCUT2D eigenvalue weighted by Gasteiger charge is -2.42. The predicted molar refractivity (Wildman–Crippen MR) is 93.8 cm³/mol. The van der Waals surface area contributed by atoms with E-state index < -0.39 is 5.97 Å². The molecule has 6 nitrogen and oxygen atoms in total. The lowest BCUT2D eigenvalue weighted by Crippen LogP contribution is -3.00. The van der Waals surface area contributed by atoms with Gasteiger partial charge in [-0.1, -0.05) is 32.8 Å². The molecule has 0 atom stereocenters. The van der Waals surface area contributed by atoms with Crippen LogP contribution in [0, 0.1) is 5.39 Å². The van der Waals surface area contributed by atoms with E-state index in [2.05, 4.69) is 23.7 Å². The Hall–Kier alpha value is -1.39. The van der Waals surface area contributed by atoms with Crippen LogP contribution in [0.4, 0.5) is 11.4 Å². The predicted octanol–water partition coefficient (Wildman–Crippen LogP) is 1.30. The Bertz CT molecular complexity index is 541. The maximum Gasteiger partial charge on any atom is 0.387 e. The monoisotopic (exact) mass is 369 g/mol. The van der Waals surface area contributed by atoms with E-state index in [1.165, 1.54) is 0 Å². The number of halogens is 1. The molecule has 140 valence electrons. The molecule has 1 aliphatic rings. The summed E-state index contributed by atoms with van der Waals surface area (Å²) in [5.41, 5.74) is 1.50. The molecule has 0 radical (unpaired) electrons. The van der Waals surface area contributed by atoms with Gasteiger partial charge in [-0.15, -0.1) is 0 Å². The summed E-state index contributed by atoms with van der Waals surface area (Å²) >= 11 is 0. The molecule has 1 heterocycles. The highest BCUT2D eigenvalue weighted by Crippen LogP contribution is 2.28. The van der Waals surface area contributed by atoms with E-state index >= 15 is 0 Å². The average Bonchev–Trinajstić information content (AvgIpc) is 2.62. The Kier molecular flexibility index (Phi) is 9.76. The minimum atomic E-state index is -1.02. The molecule has 0 unspecified atom stereocenters. The van der Waals surface area contributed by atoms with Crippen molar-refractivity contribution in [2.24, 2.45) is 0 Å². The van der Waals surface area contributed by atoms with E-state index in [-0.39, 0.29) is 12.4 Å². The highest BCUT2D eigenvalue weighted by atomic mass is 35.5. The number of nitrogens with zero attached hydrogens (tertiary/aromatic N) is 3. The third-order valence-corrected chi connectivity index (χ3v) is 4.02. The maximum absolute atomic E-state index is 8.98. The van der Waals surface area contributed by atoms with Crippen LogP contribution in [-0.2, 0) is 14.2 Å². The Morgan fingerprint density at radius 2 is 1.88 bits per heavy atom. The lowest BCUT2D eigenvalue weighted by atomic mass is 10.2. The standard InChI is InChI=1S/C18H28N3O3.ClH/c1-3-5-11-22-18(23-12-6-4-2)15-21(10-13-24-18)17-9-7-8-16(14-17)20-19;/h7-9,14H,3-6,10-13,15H2,1-2H3;1H/q+1;/p-1. The second kappa shape index (κ2) is 11.3. The maximum atomic E-state index is 8.98. The van der Waals surface area contributed by atoms with Crippen LogP contribution in [0.5, 0.6) is 0 Å². The number of ether oxygens (including phenoxy) is 3. The summed E-state index contributed by atoms with van der Waals surface area (Å²) in [6.45, 7) is 7.25. The molecular formula is C18H28ClN3O3. The molecule has 0 spiro atoms. The van der Waals surface area contributed by atoms with Gasteiger partial charge in [0.25, 0.3) is 0 Å². The first-order valence-electron chi connectivity index (χ1n) is 8.85. The van der Waals surface area contributed by atoms with Crippen LogP contribution >= 0.6 is 0 Å².